The zero-order valence-electron chi connectivity index (χ0n) is 7.69. The van der Waals surface area contributed by atoms with E-state index >= 15 is 0 Å². The van der Waals surface area contributed by atoms with Crippen LogP contribution in [0.25, 0.3) is 0 Å². The molecule has 1 saturated heterocycles. The Bertz CT molecular complexity index is 270. The Labute approximate surface area is 86.0 Å². The predicted molar refractivity (Wildman–Crippen MR) is 50.9 cm³/mol. The van der Waals surface area contributed by atoms with E-state index < -0.39 is 11.2 Å². The minimum atomic E-state index is -0.936. The van der Waals surface area contributed by atoms with Crippen LogP contribution in [0, 0.1) is 0 Å². The van der Waals surface area contributed by atoms with Crippen molar-refractivity contribution in [2.45, 2.75) is 42.3 Å². The third kappa shape index (κ3) is 1.73. The van der Waals surface area contributed by atoms with Gasteiger partial charge in [0.1, 0.15) is 5.25 Å². The average Bonchev–Trinajstić information content (AvgIpc) is 2.61. The molecule has 1 heterocycles. The maximum atomic E-state index is 11.4. The number of carboxylic acid groups (broad SMARTS) is 1. The molecule has 5 heteroatoms. The molecule has 2 aliphatic rings. The standard InChI is InChI=1S/C9H12O4S/c10-7(11)5-6-8(12)13-9(14-6)3-1-2-4-9/h6H,1-5H2,(H,10,11). The van der Waals surface area contributed by atoms with E-state index in [2.05, 4.69) is 0 Å². The maximum Gasteiger partial charge on any atom is 0.321 e. The maximum absolute atomic E-state index is 11.4. The van der Waals surface area contributed by atoms with Crippen LogP contribution in [0.5, 0.6) is 0 Å². The van der Waals surface area contributed by atoms with Crippen LogP contribution in [0.2, 0.25) is 0 Å². The van der Waals surface area contributed by atoms with Crippen molar-refractivity contribution < 1.29 is 19.4 Å². The SMILES string of the molecule is O=C(O)CC1SC2(CCCC2)OC1=O. The summed E-state index contributed by atoms with van der Waals surface area (Å²) >= 11 is 1.40. The van der Waals surface area contributed by atoms with E-state index in [-0.39, 0.29) is 17.3 Å². The Morgan fingerprint density at radius 1 is 1.57 bits per heavy atom. The van der Waals surface area contributed by atoms with Crippen LogP contribution in [0.1, 0.15) is 32.1 Å². The van der Waals surface area contributed by atoms with E-state index in [4.69, 9.17) is 9.84 Å². The molecule has 0 aromatic rings. The van der Waals surface area contributed by atoms with Gasteiger partial charge in [-0.25, -0.2) is 0 Å². The second kappa shape index (κ2) is 3.46. The summed E-state index contributed by atoms with van der Waals surface area (Å²) in [6.07, 6.45) is 3.77. The molecule has 1 spiro atoms. The normalized spacial score (nSPS) is 29.4. The number of rotatable bonds is 2. The number of esters is 1. The lowest BCUT2D eigenvalue weighted by Gasteiger charge is -2.19. The van der Waals surface area contributed by atoms with Crippen LogP contribution in [0.15, 0.2) is 0 Å². The van der Waals surface area contributed by atoms with Gasteiger partial charge in [-0.3, -0.25) is 9.59 Å². The smallest absolute Gasteiger partial charge is 0.321 e. The summed E-state index contributed by atoms with van der Waals surface area (Å²) in [5, 5.41) is 8.11. The number of carbonyl (C=O) groups is 2. The Morgan fingerprint density at radius 2 is 2.21 bits per heavy atom. The molecule has 4 nitrogen and oxygen atoms in total. The monoisotopic (exact) mass is 216 g/mol. The van der Waals surface area contributed by atoms with Gasteiger partial charge in [0.2, 0.25) is 0 Å². The van der Waals surface area contributed by atoms with Crippen LogP contribution in [-0.2, 0) is 14.3 Å². The lowest BCUT2D eigenvalue weighted by Crippen LogP contribution is -2.20. The molecule has 0 aromatic heterocycles. The molecule has 1 unspecified atom stereocenters. The third-order valence-corrected chi connectivity index (χ3v) is 4.20. The molecule has 2 fully saturated rings. The first-order valence-corrected chi connectivity index (χ1v) is 5.62. The van der Waals surface area contributed by atoms with Crippen molar-refractivity contribution in [1.82, 2.24) is 0 Å². The number of thioether (sulfide) groups is 1. The molecule has 0 bridgehead atoms. The van der Waals surface area contributed by atoms with Crippen molar-refractivity contribution in [2.24, 2.45) is 0 Å². The van der Waals surface area contributed by atoms with E-state index in [1.165, 1.54) is 11.8 Å². The Balaban J connectivity index is 2.02. The first kappa shape index (κ1) is 9.83. The van der Waals surface area contributed by atoms with Crippen molar-refractivity contribution in [3.63, 3.8) is 0 Å². The predicted octanol–water partition coefficient (Wildman–Crippen LogP) is 1.39. The minimum Gasteiger partial charge on any atom is -0.481 e. The van der Waals surface area contributed by atoms with Crippen LogP contribution >= 0.6 is 11.8 Å². The van der Waals surface area contributed by atoms with Crippen LogP contribution < -0.4 is 0 Å². The number of ether oxygens (including phenoxy) is 1. The van der Waals surface area contributed by atoms with Crippen molar-refractivity contribution >= 4 is 23.7 Å². The third-order valence-electron chi connectivity index (χ3n) is 2.63. The van der Waals surface area contributed by atoms with Crippen LogP contribution in [-0.4, -0.2) is 27.2 Å². The molecule has 0 aromatic carbocycles. The first-order valence-electron chi connectivity index (χ1n) is 4.74. The molecule has 78 valence electrons. The highest BCUT2D eigenvalue weighted by Gasteiger charge is 2.49. The van der Waals surface area contributed by atoms with Crippen molar-refractivity contribution in [1.29, 1.82) is 0 Å². The van der Waals surface area contributed by atoms with Crippen LogP contribution in [0.3, 0.4) is 0 Å². The van der Waals surface area contributed by atoms with Crippen molar-refractivity contribution in [3.05, 3.63) is 0 Å². The molecule has 1 atom stereocenters. The second-order valence-corrected chi connectivity index (χ2v) is 5.29. The number of carbonyl (C=O) groups excluding carboxylic acids is 1. The number of hydrogen-bond acceptors (Lipinski definition) is 4. The highest BCUT2D eigenvalue weighted by atomic mass is 32.2. The highest BCUT2D eigenvalue weighted by molar-refractivity contribution is 8.02. The molecule has 1 aliphatic carbocycles. The fourth-order valence-electron chi connectivity index (χ4n) is 2.00. The van der Waals surface area contributed by atoms with E-state index in [0.717, 1.165) is 25.7 Å². The van der Waals surface area contributed by atoms with Gasteiger partial charge in [0.25, 0.3) is 0 Å². The largest absolute Gasteiger partial charge is 0.481 e. The van der Waals surface area contributed by atoms with Gasteiger partial charge in [-0.05, 0) is 25.7 Å². The Morgan fingerprint density at radius 3 is 2.79 bits per heavy atom. The molecule has 2 rings (SSSR count). The van der Waals surface area contributed by atoms with Gasteiger partial charge in [-0.2, -0.15) is 0 Å². The van der Waals surface area contributed by atoms with E-state index in [9.17, 15) is 9.59 Å². The second-order valence-electron chi connectivity index (χ2n) is 3.74. The Kier molecular flexibility index (Phi) is 2.43. The Hall–Kier alpha value is -0.710. The summed E-state index contributed by atoms with van der Waals surface area (Å²) in [6, 6.07) is 0. The molecule has 14 heavy (non-hydrogen) atoms. The van der Waals surface area contributed by atoms with Gasteiger partial charge in [0.05, 0.1) is 6.42 Å². The highest BCUT2D eigenvalue weighted by Crippen LogP contribution is 2.50. The van der Waals surface area contributed by atoms with Gasteiger partial charge < -0.3 is 9.84 Å². The summed E-state index contributed by atoms with van der Waals surface area (Å²) in [5.41, 5.74) is 0. The molecular weight excluding hydrogens is 204 g/mol. The van der Waals surface area contributed by atoms with Gasteiger partial charge in [0, 0.05) is 0 Å². The quantitative estimate of drug-likeness (QED) is 0.707. The molecule has 0 amide bonds. The van der Waals surface area contributed by atoms with Crippen molar-refractivity contribution in [2.75, 3.05) is 0 Å². The van der Waals surface area contributed by atoms with E-state index in [1.807, 2.05) is 0 Å². The van der Waals surface area contributed by atoms with Gasteiger partial charge in [-0.1, -0.05) is 11.8 Å². The summed E-state index contributed by atoms with van der Waals surface area (Å²) < 4.78 is 5.28. The zero-order chi connectivity index (χ0) is 10.2. The summed E-state index contributed by atoms with van der Waals surface area (Å²) in [7, 11) is 0. The number of carboxylic acids is 1. The molecule has 1 saturated carbocycles. The lowest BCUT2D eigenvalue weighted by molar-refractivity contribution is -0.150. The van der Waals surface area contributed by atoms with Gasteiger partial charge in [-0.15, -0.1) is 0 Å². The van der Waals surface area contributed by atoms with E-state index in [1.54, 1.807) is 0 Å². The number of aliphatic carboxylic acids is 1. The minimum absolute atomic E-state index is 0.120. The lowest BCUT2D eigenvalue weighted by atomic mass is 10.3. The summed E-state index contributed by atoms with van der Waals surface area (Å²) in [6.45, 7) is 0. The van der Waals surface area contributed by atoms with Crippen LogP contribution in [0.4, 0.5) is 0 Å². The first-order chi connectivity index (χ1) is 6.61. The summed E-state index contributed by atoms with van der Waals surface area (Å²) in [4.78, 5) is 21.5. The molecule has 1 N–H and O–H groups in total. The molecule has 0 radical (unpaired) electrons. The molecular formula is C9H12O4S. The topological polar surface area (TPSA) is 63.6 Å². The van der Waals surface area contributed by atoms with Gasteiger partial charge in [0.15, 0.2) is 4.93 Å². The van der Waals surface area contributed by atoms with E-state index in [0.29, 0.717) is 0 Å². The van der Waals surface area contributed by atoms with Gasteiger partial charge >= 0.3 is 11.9 Å². The average molecular weight is 216 g/mol. The van der Waals surface area contributed by atoms with Crippen molar-refractivity contribution in [3.8, 4) is 0 Å². The number of hydrogen-bond donors (Lipinski definition) is 1. The molecule has 1 aliphatic heterocycles. The zero-order valence-corrected chi connectivity index (χ0v) is 8.51. The fourth-order valence-corrected chi connectivity index (χ4v) is 3.54. The summed E-state index contributed by atoms with van der Waals surface area (Å²) in [5.74, 6) is -1.28. The fraction of sp³-hybridized carbons (Fsp3) is 0.778.